The predicted molar refractivity (Wildman–Crippen MR) is 77.1 cm³/mol. The van der Waals surface area contributed by atoms with Gasteiger partial charge < -0.3 is 4.98 Å². The Kier molecular flexibility index (Phi) is 2.85. The molecule has 5 heteroatoms. The Hall–Kier alpha value is -2.17. The molecule has 0 fully saturated rings. The fourth-order valence-corrected chi connectivity index (χ4v) is 2.39. The van der Waals surface area contributed by atoms with E-state index in [0.717, 1.165) is 22.4 Å². The van der Waals surface area contributed by atoms with Crippen molar-refractivity contribution in [1.82, 2.24) is 19.7 Å². The first-order chi connectivity index (χ1) is 9.49. The first-order valence-corrected chi connectivity index (χ1v) is 6.69. The summed E-state index contributed by atoms with van der Waals surface area (Å²) in [5.74, 6) is 0.470. The number of nitrogens with zero attached hydrogens (tertiary/aromatic N) is 3. The van der Waals surface area contributed by atoms with E-state index in [-0.39, 0.29) is 11.9 Å². The van der Waals surface area contributed by atoms with Gasteiger partial charge in [0.05, 0.1) is 5.69 Å². The fourth-order valence-electron chi connectivity index (χ4n) is 2.39. The van der Waals surface area contributed by atoms with Crippen LogP contribution in [0.25, 0.3) is 22.6 Å². The number of hydrogen-bond acceptors (Lipinski definition) is 2. The zero-order chi connectivity index (χ0) is 14.4. The molecule has 3 rings (SSSR count). The van der Waals surface area contributed by atoms with Gasteiger partial charge in [-0.3, -0.25) is 0 Å². The summed E-state index contributed by atoms with van der Waals surface area (Å²) in [6.07, 6.45) is 0. The van der Waals surface area contributed by atoms with Gasteiger partial charge in [-0.05, 0) is 39.3 Å². The quantitative estimate of drug-likeness (QED) is 0.772. The molecule has 3 aromatic rings. The molecule has 104 valence electrons. The molecule has 1 N–H and O–H groups in total. The summed E-state index contributed by atoms with van der Waals surface area (Å²) in [7, 11) is 0. The zero-order valence-corrected chi connectivity index (χ0v) is 12.0. The summed E-state index contributed by atoms with van der Waals surface area (Å²) in [5.41, 5.74) is 4.02. The number of nitrogens with one attached hydrogen (secondary N) is 1. The number of aryl methyl sites for hydroxylation is 1. The van der Waals surface area contributed by atoms with Crippen LogP contribution < -0.4 is 0 Å². The van der Waals surface area contributed by atoms with Crippen LogP contribution in [0.3, 0.4) is 0 Å². The second-order valence-corrected chi connectivity index (χ2v) is 5.32. The van der Waals surface area contributed by atoms with Crippen LogP contribution in [0.4, 0.5) is 4.39 Å². The lowest BCUT2D eigenvalue weighted by atomic mass is 10.1. The highest BCUT2D eigenvalue weighted by Crippen LogP contribution is 2.27. The van der Waals surface area contributed by atoms with Crippen LogP contribution in [0, 0.1) is 19.7 Å². The maximum absolute atomic E-state index is 13.7. The SMILES string of the molecule is Cc1c(F)cccc1-c1nc2c([nH]1)c(C)nn2C(C)C. The lowest BCUT2D eigenvalue weighted by molar-refractivity contribution is 0.543. The molecule has 20 heavy (non-hydrogen) atoms. The number of halogens is 1. The Morgan fingerprint density at radius 2 is 2.00 bits per heavy atom. The van der Waals surface area contributed by atoms with Crippen molar-refractivity contribution in [3.63, 3.8) is 0 Å². The Morgan fingerprint density at radius 1 is 1.25 bits per heavy atom. The minimum absolute atomic E-state index is 0.217. The molecule has 0 aliphatic rings. The molecular formula is C15H17FN4. The van der Waals surface area contributed by atoms with Crippen molar-refractivity contribution in [3.8, 4) is 11.4 Å². The molecule has 0 bridgehead atoms. The van der Waals surface area contributed by atoms with Crippen molar-refractivity contribution < 1.29 is 4.39 Å². The minimum atomic E-state index is -0.217. The Labute approximate surface area is 116 Å². The summed E-state index contributed by atoms with van der Waals surface area (Å²) < 4.78 is 15.6. The normalized spacial score (nSPS) is 11.7. The van der Waals surface area contributed by atoms with Gasteiger partial charge in [0.2, 0.25) is 0 Å². The molecule has 2 aromatic heterocycles. The average Bonchev–Trinajstić information content (AvgIpc) is 2.94. The van der Waals surface area contributed by atoms with Gasteiger partial charge in [0.15, 0.2) is 5.65 Å². The lowest BCUT2D eigenvalue weighted by Crippen LogP contribution is -2.03. The third-order valence-electron chi connectivity index (χ3n) is 3.53. The van der Waals surface area contributed by atoms with Crippen LogP contribution in [0.15, 0.2) is 18.2 Å². The predicted octanol–water partition coefficient (Wildman–Crippen LogP) is 3.76. The van der Waals surface area contributed by atoms with Gasteiger partial charge >= 0.3 is 0 Å². The smallest absolute Gasteiger partial charge is 0.177 e. The van der Waals surface area contributed by atoms with Crippen LogP contribution in [-0.2, 0) is 0 Å². The minimum Gasteiger partial charge on any atom is -0.335 e. The topological polar surface area (TPSA) is 46.5 Å². The third kappa shape index (κ3) is 1.81. The molecule has 0 aliphatic heterocycles. The Morgan fingerprint density at radius 3 is 2.70 bits per heavy atom. The monoisotopic (exact) mass is 272 g/mol. The van der Waals surface area contributed by atoms with Crippen molar-refractivity contribution in [2.45, 2.75) is 33.7 Å². The van der Waals surface area contributed by atoms with Gasteiger partial charge in [-0.25, -0.2) is 14.1 Å². The van der Waals surface area contributed by atoms with E-state index in [1.54, 1.807) is 13.0 Å². The molecule has 0 saturated heterocycles. The van der Waals surface area contributed by atoms with Crippen molar-refractivity contribution in [1.29, 1.82) is 0 Å². The number of benzene rings is 1. The molecule has 0 spiro atoms. The van der Waals surface area contributed by atoms with Crippen molar-refractivity contribution in [2.24, 2.45) is 0 Å². The maximum atomic E-state index is 13.7. The van der Waals surface area contributed by atoms with Gasteiger partial charge in [0.1, 0.15) is 17.2 Å². The van der Waals surface area contributed by atoms with E-state index >= 15 is 0 Å². The van der Waals surface area contributed by atoms with Crippen LogP contribution in [0.5, 0.6) is 0 Å². The largest absolute Gasteiger partial charge is 0.335 e. The molecule has 4 nitrogen and oxygen atoms in total. The first kappa shape index (κ1) is 12.8. The lowest BCUT2D eigenvalue weighted by Gasteiger charge is -2.05. The van der Waals surface area contributed by atoms with E-state index in [1.807, 2.05) is 17.7 Å². The van der Waals surface area contributed by atoms with E-state index in [4.69, 9.17) is 0 Å². The second-order valence-electron chi connectivity index (χ2n) is 5.32. The molecule has 0 atom stereocenters. The van der Waals surface area contributed by atoms with Gasteiger partial charge in [-0.15, -0.1) is 0 Å². The van der Waals surface area contributed by atoms with E-state index in [0.29, 0.717) is 11.4 Å². The highest BCUT2D eigenvalue weighted by Gasteiger charge is 2.17. The molecule has 1 aromatic carbocycles. The van der Waals surface area contributed by atoms with Gasteiger partial charge in [-0.2, -0.15) is 5.10 Å². The van der Waals surface area contributed by atoms with Gasteiger partial charge in [0.25, 0.3) is 0 Å². The molecule has 0 amide bonds. The maximum Gasteiger partial charge on any atom is 0.177 e. The second kappa shape index (κ2) is 4.44. The summed E-state index contributed by atoms with van der Waals surface area (Å²) in [5, 5.41) is 4.47. The molecule has 0 radical (unpaired) electrons. The number of aromatic nitrogens is 4. The summed E-state index contributed by atoms with van der Waals surface area (Å²) in [6.45, 7) is 7.84. The van der Waals surface area contributed by atoms with Gasteiger partial charge in [-0.1, -0.05) is 12.1 Å². The summed E-state index contributed by atoms with van der Waals surface area (Å²) >= 11 is 0. The molecular weight excluding hydrogens is 255 g/mol. The number of hydrogen-bond donors (Lipinski definition) is 1. The van der Waals surface area contributed by atoms with Crippen LogP contribution in [0.1, 0.15) is 31.1 Å². The molecule has 0 aliphatic carbocycles. The zero-order valence-electron chi connectivity index (χ0n) is 12.0. The average molecular weight is 272 g/mol. The number of H-pyrrole nitrogens is 1. The Bertz CT molecular complexity index is 783. The number of imidazole rings is 1. The van der Waals surface area contributed by atoms with Crippen molar-refractivity contribution in [3.05, 3.63) is 35.3 Å². The van der Waals surface area contributed by atoms with E-state index in [2.05, 4.69) is 28.9 Å². The van der Waals surface area contributed by atoms with Crippen molar-refractivity contribution >= 4 is 11.2 Å². The third-order valence-corrected chi connectivity index (χ3v) is 3.53. The highest BCUT2D eigenvalue weighted by molar-refractivity contribution is 5.79. The fraction of sp³-hybridized carbons (Fsp3) is 0.333. The van der Waals surface area contributed by atoms with E-state index < -0.39 is 0 Å². The van der Waals surface area contributed by atoms with Crippen molar-refractivity contribution in [2.75, 3.05) is 0 Å². The number of rotatable bonds is 2. The van der Waals surface area contributed by atoms with Crippen LogP contribution in [-0.4, -0.2) is 19.7 Å². The van der Waals surface area contributed by atoms with Crippen LogP contribution >= 0.6 is 0 Å². The number of fused-ring (bicyclic) bond motifs is 1. The van der Waals surface area contributed by atoms with Crippen LogP contribution in [0.2, 0.25) is 0 Å². The van der Waals surface area contributed by atoms with Gasteiger partial charge in [0, 0.05) is 11.6 Å². The first-order valence-electron chi connectivity index (χ1n) is 6.69. The standard InChI is InChI=1S/C15H17FN4/c1-8(2)20-15-13(10(4)19-20)17-14(18-15)11-6-5-7-12(16)9(11)3/h5-8H,1-4H3,(H,17,18). The molecule has 0 saturated carbocycles. The molecule has 0 unspecified atom stereocenters. The van der Waals surface area contributed by atoms with E-state index in [9.17, 15) is 4.39 Å². The van der Waals surface area contributed by atoms with E-state index in [1.165, 1.54) is 6.07 Å². The Balaban J connectivity index is 2.23. The molecule has 2 heterocycles. The highest BCUT2D eigenvalue weighted by atomic mass is 19.1. The number of aromatic amines is 1. The summed E-state index contributed by atoms with van der Waals surface area (Å²) in [4.78, 5) is 7.87. The summed E-state index contributed by atoms with van der Waals surface area (Å²) in [6, 6.07) is 5.27.